The second-order valence-electron chi connectivity index (χ2n) is 8.01. The summed E-state index contributed by atoms with van der Waals surface area (Å²) in [5, 5.41) is 20.3. The van der Waals surface area contributed by atoms with Crippen molar-refractivity contribution in [1.82, 2.24) is 10.2 Å². The number of aryl methyl sites for hydroxylation is 1. The summed E-state index contributed by atoms with van der Waals surface area (Å²) in [6.07, 6.45) is 0. The Labute approximate surface area is 228 Å². The number of ketones is 1. The van der Waals surface area contributed by atoms with Crippen LogP contribution in [0.5, 0.6) is 0 Å². The molecule has 1 N–H and O–H groups in total. The van der Waals surface area contributed by atoms with Crippen LogP contribution in [0.1, 0.15) is 33.5 Å². The molecule has 1 unspecified atom stereocenters. The number of hydrogen-bond acceptors (Lipinski definition) is 8. The van der Waals surface area contributed by atoms with Crippen LogP contribution in [-0.4, -0.2) is 27.0 Å². The molecule has 188 valence electrons. The zero-order valence-corrected chi connectivity index (χ0v) is 22.1. The van der Waals surface area contributed by atoms with Gasteiger partial charge in [0.25, 0.3) is 5.91 Å². The van der Waals surface area contributed by atoms with E-state index in [1.807, 2.05) is 6.07 Å². The second kappa shape index (κ2) is 10.3. The average Bonchev–Trinajstić information content (AvgIpc) is 3.57. The van der Waals surface area contributed by atoms with Crippen LogP contribution in [0.4, 0.5) is 9.52 Å². The lowest BCUT2D eigenvalue weighted by atomic mass is 9.95. The van der Waals surface area contributed by atoms with Crippen LogP contribution in [0, 0.1) is 12.7 Å². The highest BCUT2D eigenvalue weighted by Crippen LogP contribution is 2.44. The van der Waals surface area contributed by atoms with Crippen LogP contribution in [0.3, 0.4) is 0 Å². The van der Waals surface area contributed by atoms with Gasteiger partial charge in [0, 0.05) is 15.8 Å². The van der Waals surface area contributed by atoms with Crippen molar-refractivity contribution >= 4 is 63.1 Å². The highest BCUT2D eigenvalue weighted by atomic mass is 35.5. The molecule has 0 aliphatic carbocycles. The van der Waals surface area contributed by atoms with E-state index in [2.05, 4.69) is 10.2 Å². The molecule has 1 aliphatic rings. The molecule has 0 fully saturated rings. The van der Waals surface area contributed by atoms with E-state index in [4.69, 9.17) is 27.6 Å². The Balaban J connectivity index is 1.48. The first-order valence-corrected chi connectivity index (χ1v) is 13.3. The SMILES string of the molecule is Cc1ccc(C(=O)C2=C(O)C(=O)N(c3nnc(SCc4ccc(Cl)cc4Cl)s3)C2c2ccc(F)cc2)o1. The molecule has 0 saturated carbocycles. The third-order valence-corrected chi connectivity index (χ3v) is 8.26. The summed E-state index contributed by atoms with van der Waals surface area (Å²) < 4.78 is 19.7. The number of nitrogens with zero attached hydrogens (tertiary/aromatic N) is 3. The zero-order chi connectivity index (χ0) is 26.3. The maximum absolute atomic E-state index is 13.7. The van der Waals surface area contributed by atoms with E-state index in [9.17, 15) is 19.1 Å². The number of rotatable bonds is 7. The first kappa shape index (κ1) is 25.5. The fourth-order valence-electron chi connectivity index (χ4n) is 3.82. The maximum atomic E-state index is 13.7. The van der Waals surface area contributed by atoms with E-state index < -0.39 is 29.3 Å². The number of furan rings is 1. The molecule has 2 aromatic heterocycles. The number of aromatic nitrogens is 2. The van der Waals surface area contributed by atoms with Crippen LogP contribution in [0.25, 0.3) is 0 Å². The number of carbonyl (C=O) groups excluding carboxylic acids is 2. The van der Waals surface area contributed by atoms with Gasteiger partial charge >= 0.3 is 0 Å². The number of anilines is 1. The highest BCUT2D eigenvalue weighted by molar-refractivity contribution is 8.00. The van der Waals surface area contributed by atoms with Crippen LogP contribution in [-0.2, 0) is 10.5 Å². The second-order valence-corrected chi connectivity index (χ2v) is 11.0. The first-order valence-electron chi connectivity index (χ1n) is 10.8. The number of amides is 1. The van der Waals surface area contributed by atoms with Crippen molar-refractivity contribution in [2.75, 3.05) is 4.90 Å². The largest absolute Gasteiger partial charge is 0.503 e. The fourth-order valence-corrected chi connectivity index (χ4v) is 6.25. The number of aliphatic hydroxyl groups is 1. The predicted octanol–water partition coefficient (Wildman–Crippen LogP) is 6.96. The van der Waals surface area contributed by atoms with Crippen molar-refractivity contribution in [3.05, 3.63) is 104 Å². The lowest BCUT2D eigenvalue weighted by Crippen LogP contribution is -2.31. The topological polar surface area (TPSA) is 96.5 Å². The number of thioether (sulfide) groups is 1. The van der Waals surface area contributed by atoms with Gasteiger partial charge in [-0.05, 0) is 54.4 Å². The quantitative estimate of drug-likeness (QED) is 0.144. The fraction of sp³-hybridized carbons (Fsp3) is 0.120. The summed E-state index contributed by atoms with van der Waals surface area (Å²) in [7, 11) is 0. The summed E-state index contributed by atoms with van der Waals surface area (Å²) in [5.74, 6) is -1.76. The minimum Gasteiger partial charge on any atom is -0.503 e. The Morgan fingerprint density at radius 1 is 1.16 bits per heavy atom. The minimum absolute atomic E-state index is 0.0332. The molecular weight excluding hydrogens is 560 g/mol. The molecule has 3 heterocycles. The summed E-state index contributed by atoms with van der Waals surface area (Å²) in [5.41, 5.74) is 1.06. The number of carbonyl (C=O) groups is 2. The van der Waals surface area contributed by atoms with E-state index in [1.165, 1.54) is 47.0 Å². The van der Waals surface area contributed by atoms with E-state index in [1.54, 1.807) is 25.1 Å². The first-order chi connectivity index (χ1) is 17.7. The smallest absolute Gasteiger partial charge is 0.296 e. The lowest BCUT2D eigenvalue weighted by Gasteiger charge is -2.23. The van der Waals surface area contributed by atoms with Gasteiger partial charge in [-0.1, -0.05) is 64.5 Å². The Hall–Kier alpha value is -3.18. The Morgan fingerprint density at radius 3 is 2.59 bits per heavy atom. The Morgan fingerprint density at radius 2 is 1.92 bits per heavy atom. The number of benzene rings is 2. The van der Waals surface area contributed by atoms with Crippen LogP contribution >= 0.6 is 46.3 Å². The van der Waals surface area contributed by atoms with E-state index >= 15 is 0 Å². The number of aliphatic hydroxyl groups excluding tert-OH is 1. The van der Waals surface area contributed by atoms with Crippen LogP contribution in [0.15, 0.2) is 74.7 Å². The van der Waals surface area contributed by atoms with Gasteiger partial charge in [0.2, 0.25) is 10.9 Å². The van der Waals surface area contributed by atoms with Gasteiger partial charge in [-0.15, -0.1) is 10.2 Å². The lowest BCUT2D eigenvalue weighted by molar-refractivity contribution is -0.117. The van der Waals surface area contributed by atoms with Gasteiger partial charge in [-0.2, -0.15) is 0 Å². The van der Waals surface area contributed by atoms with Gasteiger partial charge in [0.05, 0.1) is 11.6 Å². The van der Waals surface area contributed by atoms with E-state index in [-0.39, 0.29) is 16.5 Å². The molecule has 0 saturated heterocycles. The number of halogens is 3. The molecule has 2 aromatic carbocycles. The van der Waals surface area contributed by atoms with Gasteiger partial charge in [0.15, 0.2) is 15.9 Å². The molecule has 1 aliphatic heterocycles. The molecule has 1 atom stereocenters. The summed E-state index contributed by atoms with van der Waals surface area (Å²) in [4.78, 5) is 27.8. The van der Waals surface area contributed by atoms with Crippen molar-refractivity contribution < 1.29 is 23.5 Å². The van der Waals surface area contributed by atoms with Gasteiger partial charge in [-0.25, -0.2) is 4.39 Å². The molecule has 7 nitrogen and oxygen atoms in total. The highest BCUT2D eigenvalue weighted by Gasteiger charge is 2.46. The van der Waals surface area contributed by atoms with Crippen LogP contribution < -0.4 is 4.90 Å². The molecule has 5 rings (SSSR count). The maximum Gasteiger partial charge on any atom is 0.296 e. The monoisotopic (exact) mass is 575 g/mol. The number of hydrogen-bond donors (Lipinski definition) is 1. The minimum atomic E-state index is -1.07. The summed E-state index contributed by atoms with van der Waals surface area (Å²) >= 11 is 14.7. The van der Waals surface area contributed by atoms with E-state index in [0.29, 0.717) is 31.5 Å². The van der Waals surface area contributed by atoms with Gasteiger partial charge in [0.1, 0.15) is 11.6 Å². The van der Waals surface area contributed by atoms with Crippen molar-refractivity contribution in [2.45, 2.75) is 23.1 Å². The van der Waals surface area contributed by atoms with E-state index in [0.717, 1.165) is 16.9 Å². The third kappa shape index (κ3) is 5.02. The zero-order valence-electron chi connectivity index (χ0n) is 18.9. The molecule has 0 bridgehead atoms. The molecule has 12 heteroatoms. The van der Waals surface area contributed by atoms with Crippen molar-refractivity contribution in [3.8, 4) is 0 Å². The van der Waals surface area contributed by atoms with Crippen molar-refractivity contribution in [2.24, 2.45) is 0 Å². The molecular formula is C25H16Cl2FN3O4S2. The van der Waals surface area contributed by atoms with Crippen molar-refractivity contribution in [1.29, 1.82) is 0 Å². The Bertz CT molecular complexity index is 1550. The normalized spacial score (nSPS) is 15.6. The molecule has 0 radical (unpaired) electrons. The van der Waals surface area contributed by atoms with Gasteiger partial charge < -0.3 is 9.52 Å². The summed E-state index contributed by atoms with van der Waals surface area (Å²) in [6, 6.07) is 12.5. The predicted molar refractivity (Wildman–Crippen MR) is 140 cm³/mol. The van der Waals surface area contributed by atoms with Gasteiger partial charge in [-0.3, -0.25) is 14.5 Å². The van der Waals surface area contributed by atoms with Crippen LogP contribution in [0.2, 0.25) is 10.0 Å². The molecule has 0 spiro atoms. The molecule has 1 amide bonds. The Kier molecular flexibility index (Phi) is 7.09. The third-order valence-electron chi connectivity index (χ3n) is 5.57. The summed E-state index contributed by atoms with van der Waals surface area (Å²) in [6.45, 7) is 1.67. The average molecular weight is 576 g/mol. The molecule has 4 aromatic rings. The standard InChI is InChI=1S/C25H16Cl2FN3O4S2/c1-12-2-9-18(35-12)21(32)19-20(13-4-7-16(28)8-5-13)31(23(34)22(19)33)24-29-30-25(37-24)36-11-14-3-6-15(26)10-17(14)27/h2-10,20,33H,11H2,1H3. The molecule has 37 heavy (non-hydrogen) atoms. The van der Waals surface area contributed by atoms with Crippen molar-refractivity contribution in [3.63, 3.8) is 0 Å². The number of Topliss-reactive ketones (excluding diaryl/α,β-unsaturated/α-hetero) is 1.